The number of nitrogens with two attached hydrogens (primary N) is 1. The van der Waals surface area contributed by atoms with Crippen LogP contribution in [0.2, 0.25) is 0 Å². The van der Waals surface area contributed by atoms with E-state index in [9.17, 15) is 0 Å². The molecular formula is C12H16BrN3S. The summed E-state index contributed by atoms with van der Waals surface area (Å²) in [5, 5.41) is 8.09. The van der Waals surface area contributed by atoms with E-state index in [2.05, 4.69) is 27.8 Å². The molecule has 1 atom stereocenters. The van der Waals surface area contributed by atoms with Gasteiger partial charge in [0, 0.05) is 34.1 Å². The van der Waals surface area contributed by atoms with Gasteiger partial charge in [-0.15, -0.1) is 0 Å². The molecule has 0 bridgehead atoms. The van der Waals surface area contributed by atoms with Gasteiger partial charge in [0.1, 0.15) is 5.84 Å². The van der Waals surface area contributed by atoms with E-state index >= 15 is 0 Å². The number of benzene rings is 1. The van der Waals surface area contributed by atoms with Crippen LogP contribution in [-0.4, -0.2) is 29.9 Å². The van der Waals surface area contributed by atoms with Crippen LogP contribution in [0.4, 0.5) is 5.69 Å². The first-order valence-corrected chi connectivity index (χ1v) is 7.42. The van der Waals surface area contributed by atoms with Gasteiger partial charge >= 0.3 is 0 Å². The van der Waals surface area contributed by atoms with Crippen molar-refractivity contribution in [2.24, 2.45) is 5.73 Å². The SMILES string of the molecule is CC1CN(c2ccc(C(=N)N)cc2Br)CCS1. The van der Waals surface area contributed by atoms with Crippen molar-refractivity contribution in [3.63, 3.8) is 0 Å². The van der Waals surface area contributed by atoms with Gasteiger partial charge in [-0.2, -0.15) is 11.8 Å². The number of thioether (sulfide) groups is 1. The monoisotopic (exact) mass is 313 g/mol. The van der Waals surface area contributed by atoms with Crippen LogP contribution < -0.4 is 10.6 Å². The van der Waals surface area contributed by atoms with Crippen molar-refractivity contribution in [2.45, 2.75) is 12.2 Å². The minimum atomic E-state index is 0.111. The summed E-state index contributed by atoms with van der Waals surface area (Å²) in [5.74, 6) is 1.28. The molecule has 5 heteroatoms. The number of hydrogen-bond donors (Lipinski definition) is 2. The number of halogens is 1. The van der Waals surface area contributed by atoms with E-state index < -0.39 is 0 Å². The summed E-state index contributed by atoms with van der Waals surface area (Å²) in [7, 11) is 0. The van der Waals surface area contributed by atoms with Crippen LogP contribution in [0.25, 0.3) is 0 Å². The third-order valence-electron chi connectivity index (χ3n) is 2.84. The summed E-state index contributed by atoms with van der Waals surface area (Å²) < 4.78 is 1.02. The van der Waals surface area contributed by atoms with Crippen LogP contribution in [0.5, 0.6) is 0 Å². The molecule has 1 heterocycles. The Morgan fingerprint density at radius 2 is 2.35 bits per heavy atom. The molecule has 1 aliphatic rings. The lowest BCUT2D eigenvalue weighted by atomic mass is 10.1. The van der Waals surface area contributed by atoms with Crippen molar-refractivity contribution in [1.29, 1.82) is 5.41 Å². The van der Waals surface area contributed by atoms with E-state index in [-0.39, 0.29) is 5.84 Å². The van der Waals surface area contributed by atoms with E-state index in [1.54, 1.807) is 0 Å². The molecule has 1 fully saturated rings. The Morgan fingerprint density at radius 3 is 2.94 bits per heavy atom. The standard InChI is InChI=1S/C12H16BrN3S/c1-8-7-16(4-5-17-8)11-3-2-9(12(14)15)6-10(11)13/h2-3,6,8H,4-5,7H2,1H3,(H3,14,15). The predicted octanol–water partition coefficient (Wildman–Crippen LogP) is 2.67. The summed E-state index contributed by atoms with van der Waals surface area (Å²) in [6.07, 6.45) is 0. The summed E-state index contributed by atoms with van der Waals surface area (Å²) in [5.41, 5.74) is 7.44. The van der Waals surface area contributed by atoms with Crippen LogP contribution in [0.1, 0.15) is 12.5 Å². The molecule has 1 saturated heterocycles. The lowest BCUT2D eigenvalue weighted by Crippen LogP contribution is -2.36. The highest BCUT2D eigenvalue weighted by atomic mass is 79.9. The van der Waals surface area contributed by atoms with Gasteiger partial charge < -0.3 is 10.6 Å². The van der Waals surface area contributed by atoms with Crippen LogP contribution >= 0.6 is 27.7 Å². The van der Waals surface area contributed by atoms with E-state index in [1.165, 1.54) is 11.4 Å². The molecule has 0 radical (unpaired) electrons. The second-order valence-corrected chi connectivity index (χ2v) is 6.61. The predicted molar refractivity (Wildman–Crippen MR) is 79.3 cm³/mol. The number of nitrogens with one attached hydrogen (secondary N) is 1. The Bertz CT molecular complexity index is 436. The average molecular weight is 314 g/mol. The largest absolute Gasteiger partial charge is 0.384 e. The molecule has 0 saturated carbocycles. The number of nitrogens with zero attached hydrogens (tertiary/aromatic N) is 1. The number of rotatable bonds is 2. The fourth-order valence-electron chi connectivity index (χ4n) is 1.97. The molecule has 1 unspecified atom stereocenters. The number of hydrogen-bond acceptors (Lipinski definition) is 3. The molecule has 3 nitrogen and oxygen atoms in total. The van der Waals surface area contributed by atoms with Crippen molar-refractivity contribution in [2.75, 3.05) is 23.7 Å². The molecule has 1 aliphatic heterocycles. The minimum absolute atomic E-state index is 0.111. The smallest absolute Gasteiger partial charge is 0.122 e. The van der Waals surface area contributed by atoms with Crippen molar-refractivity contribution < 1.29 is 0 Å². The van der Waals surface area contributed by atoms with Crippen LogP contribution in [-0.2, 0) is 0 Å². The first kappa shape index (κ1) is 12.8. The van der Waals surface area contributed by atoms with E-state index in [0.29, 0.717) is 5.25 Å². The van der Waals surface area contributed by atoms with Crippen LogP contribution in [0.15, 0.2) is 22.7 Å². The van der Waals surface area contributed by atoms with Crippen LogP contribution in [0, 0.1) is 5.41 Å². The average Bonchev–Trinajstić information content (AvgIpc) is 2.28. The Hall–Kier alpha value is -0.680. The maximum Gasteiger partial charge on any atom is 0.122 e. The Morgan fingerprint density at radius 1 is 1.59 bits per heavy atom. The molecule has 0 aromatic heterocycles. The summed E-state index contributed by atoms with van der Waals surface area (Å²) in [4.78, 5) is 2.38. The maximum absolute atomic E-state index is 7.42. The number of nitrogen functional groups attached to an aromatic ring is 1. The highest BCUT2D eigenvalue weighted by molar-refractivity contribution is 9.10. The summed E-state index contributed by atoms with van der Waals surface area (Å²) in [6, 6.07) is 5.88. The minimum Gasteiger partial charge on any atom is -0.384 e. The van der Waals surface area contributed by atoms with E-state index in [0.717, 1.165) is 23.1 Å². The maximum atomic E-state index is 7.42. The van der Waals surface area contributed by atoms with Crippen molar-refractivity contribution in [3.8, 4) is 0 Å². The van der Waals surface area contributed by atoms with Gasteiger partial charge in [0.25, 0.3) is 0 Å². The van der Waals surface area contributed by atoms with Crippen molar-refractivity contribution in [1.82, 2.24) is 0 Å². The van der Waals surface area contributed by atoms with Gasteiger partial charge in [0.05, 0.1) is 5.69 Å². The molecule has 0 amide bonds. The van der Waals surface area contributed by atoms with Gasteiger partial charge in [0.15, 0.2) is 0 Å². The quantitative estimate of drug-likeness (QED) is 0.652. The Balaban J connectivity index is 2.23. The van der Waals surface area contributed by atoms with Gasteiger partial charge in [-0.1, -0.05) is 6.92 Å². The topological polar surface area (TPSA) is 53.1 Å². The lowest BCUT2D eigenvalue weighted by molar-refractivity contribution is 0.781. The van der Waals surface area contributed by atoms with Gasteiger partial charge in [0.2, 0.25) is 0 Å². The second kappa shape index (κ2) is 5.31. The molecule has 92 valence electrons. The zero-order valence-electron chi connectivity index (χ0n) is 9.74. The first-order chi connectivity index (χ1) is 8.08. The molecule has 0 spiro atoms. The van der Waals surface area contributed by atoms with Gasteiger partial charge in [-0.05, 0) is 34.1 Å². The van der Waals surface area contributed by atoms with Crippen molar-refractivity contribution in [3.05, 3.63) is 28.2 Å². The van der Waals surface area contributed by atoms with E-state index in [4.69, 9.17) is 11.1 Å². The number of amidine groups is 1. The molecule has 3 N–H and O–H groups in total. The second-order valence-electron chi connectivity index (χ2n) is 4.21. The zero-order chi connectivity index (χ0) is 12.4. The molecule has 17 heavy (non-hydrogen) atoms. The third-order valence-corrected chi connectivity index (χ3v) is 4.61. The molecule has 2 rings (SSSR count). The fourth-order valence-corrected chi connectivity index (χ4v) is 3.61. The third kappa shape index (κ3) is 2.96. The summed E-state index contributed by atoms with van der Waals surface area (Å²) in [6.45, 7) is 4.41. The molecular weight excluding hydrogens is 298 g/mol. The normalized spacial score (nSPS) is 20.4. The number of anilines is 1. The molecule has 1 aromatic rings. The Labute approximate surface area is 114 Å². The zero-order valence-corrected chi connectivity index (χ0v) is 12.1. The van der Waals surface area contributed by atoms with E-state index in [1.807, 2.05) is 30.0 Å². The van der Waals surface area contributed by atoms with Crippen LogP contribution in [0.3, 0.4) is 0 Å². The van der Waals surface area contributed by atoms with Crippen molar-refractivity contribution >= 4 is 39.2 Å². The molecule has 1 aromatic carbocycles. The highest BCUT2D eigenvalue weighted by Crippen LogP contribution is 2.30. The molecule has 0 aliphatic carbocycles. The Kier molecular flexibility index (Phi) is 3.99. The lowest BCUT2D eigenvalue weighted by Gasteiger charge is -2.33. The fraction of sp³-hybridized carbons (Fsp3) is 0.417. The van der Waals surface area contributed by atoms with Gasteiger partial charge in [-0.25, -0.2) is 0 Å². The highest BCUT2D eigenvalue weighted by Gasteiger charge is 2.18. The summed E-state index contributed by atoms with van der Waals surface area (Å²) >= 11 is 5.59. The first-order valence-electron chi connectivity index (χ1n) is 5.58. The van der Waals surface area contributed by atoms with Gasteiger partial charge in [-0.3, -0.25) is 5.41 Å².